The molecule has 1 saturated heterocycles. The highest BCUT2D eigenvalue weighted by Gasteiger charge is 2.33. The van der Waals surface area contributed by atoms with E-state index in [-0.39, 0.29) is 10.9 Å². The summed E-state index contributed by atoms with van der Waals surface area (Å²) in [6, 6.07) is 1.10. The third kappa shape index (κ3) is 2.33. The van der Waals surface area contributed by atoms with E-state index in [0.29, 0.717) is 19.6 Å². The maximum atomic E-state index is 12.4. The van der Waals surface area contributed by atoms with E-state index >= 15 is 0 Å². The van der Waals surface area contributed by atoms with Crippen molar-refractivity contribution in [2.45, 2.75) is 17.9 Å². The van der Waals surface area contributed by atoms with Crippen LogP contribution in [0, 0.1) is 0 Å². The summed E-state index contributed by atoms with van der Waals surface area (Å²) in [6.07, 6.45) is 2.68. The molecule has 2 rings (SSSR count). The number of aromatic nitrogens is 1. The van der Waals surface area contributed by atoms with Crippen LogP contribution >= 0.6 is 0 Å². The lowest BCUT2D eigenvalue weighted by Crippen LogP contribution is -2.53. The van der Waals surface area contributed by atoms with Crippen molar-refractivity contribution < 1.29 is 8.42 Å². The van der Waals surface area contributed by atoms with Gasteiger partial charge < -0.3 is 9.88 Å². The number of hydrogen-bond donors (Lipinski definition) is 1. The molecule has 0 aliphatic carbocycles. The Morgan fingerprint density at radius 1 is 1.39 bits per heavy atom. The highest BCUT2D eigenvalue weighted by molar-refractivity contribution is 7.89. The summed E-state index contributed by atoms with van der Waals surface area (Å²) < 4.78 is 26.2. The average Bonchev–Trinajstić information content (AvgIpc) is 2.28. The van der Waals surface area contributed by atoms with Gasteiger partial charge in [0.2, 0.25) is 15.5 Å². The van der Waals surface area contributed by atoms with Crippen LogP contribution in [0.2, 0.25) is 0 Å². The number of sulfonamides is 1. The minimum absolute atomic E-state index is 0.131. The number of piperazine rings is 1. The number of aromatic amines is 1. The third-order valence-electron chi connectivity index (χ3n) is 3.14. The van der Waals surface area contributed by atoms with Crippen LogP contribution < -0.4 is 5.43 Å². The van der Waals surface area contributed by atoms with Gasteiger partial charge in [-0.2, -0.15) is 4.31 Å². The number of nitrogens with zero attached hydrogens (tertiary/aromatic N) is 2. The molecule has 6 nitrogen and oxygen atoms in total. The normalized spacial score (nSPS) is 23.1. The second kappa shape index (κ2) is 4.83. The first kappa shape index (κ1) is 13.3. The van der Waals surface area contributed by atoms with Crippen LogP contribution in [-0.2, 0) is 10.0 Å². The van der Waals surface area contributed by atoms with Crippen molar-refractivity contribution in [3.8, 4) is 0 Å². The van der Waals surface area contributed by atoms with Crippen molar-refractivity contribution in [2.75, 3.05) is 26.7 Å². The van der Waals surface area contributed by atoms with Gasteiger partial charge in [0.05, 0.1) is 0 Å². The molecule has 0 aromatic carbocycles. The summed E-state index contributed by atoms with van der Waals surface area (Å²) in [5, 5.41) is 0. The van der Waals surface area contributed by atoms with Gasteiger partial charge in [0.15, 0.2) is 0 Å². The van der Waals surface area contributed by atoms with E-state index in [0.717, 1.165) is 0 Å². The third-order valence-corrected chi connectivity index (χ3v) is 5.18. The Balaban J connectivity index is 2.38. The minimum atomic E-state index is -3.70. The van der Waals surface area contributed by atoms with Crippen LogP contribution in [0.4, 0.5) is 0 Å². The van der Waals surface area contributed by atoms with E-state index < -0.39 is 15.5 Å². The van der Waals surface area contributed by atoms with Gasteiger partial charge in [0.1, 0.15) is 4.90 Å². The van der Waals surface area contributed by atoms with Gasteiger partial charge in [-0.05, 0) is 14.0 Å². The fourth-order valence-electron chi connectivity index (χ4n) is 2.21. The quantitative estimate of drug-likeness (QED) is 0.801. The molecule has 1 aliphatic rings. The van der Waals surface area contributed by atoms with Crippen molar-refractivity contribution in [1.82, 2.24) is 14.2 Å². The minimum Gasteiger partial charge on any atom is -0.366 e. The molecule has 0 radical (unpaired) electrons. The molecule has 2 heterocycles. The van der Waals surface area contributed by atoms with E-state index in [9.17, 15) is 13.2 Å². The second-order valence-corrected chi connectivity index (χ2v) is 6.46. The van der Waals surface area contributed by atoms with Gasteiger partial charge in [-0.25, -0.2) is 8.42 Å². The van der Waals surface area contributed by atoms with E-state index in [2.05, 4.69) is 9.88 Å². The van der Waals surface area contributed by atoms with Crippen molar-refractivity contribution in [3.63, 3.8) is 0 Å². The van der Waals surface area contributed by atoms with Gasteiger partial charge in [-0.3, -0.25) is 4.79 Å². The molecule has 1 aromatic rings. The number of likely N-dealkylation sites (N-methyl/N-ethyl adjacent to an activating group) is 1. The van der Waals surface area contributed by atoms with Crippen LogP contribution in [-0.4, -0.2) is 55.3 Å². The summed E-state index contributed by atoms with van der Waals surface area (Å²) >= 11 is 0. The highest BCUT2D eigenvalue weighted by Crippen LogP contribution is 2.17. The second-order valence-electron chi connectivity index (χ2n) is 4.60. The molecular formula is C11H17N3O3S. The lowest BCUT2D eigenvalue weighted by molar-refractivity contribution is 0.170. The molecule has 1 fully saturated rings. The Morgan fingerprint density at radius 3 is 2.72 bits per heavy atom. The van der Waals surface area contributed by atoms with E-state index in [1.54, 1.807) is 0 Å². The highest BCUT2D eigenvalue weighted by atomic mass is 32.2. The Kier molecular flexibility index (Phi) is 3.56. The zero-order chi connectivity index (χ0) is 13.3. The standard InChI is InChI=1S/C11H17N3O3S/c1-9-8-13(2)5-6-14(9)18(16,17)11-7-12-4-3-10(11)15/h3-4,7,9H,5-6,8H2,1-2H3,(H,12,15). The van der Waals surface area contributed by atoms with E-state index in [4.69, 9.17) is 0 Å². The summed E-state index contributed by atoms with van der Waals surface area (Å²) in [5.41, 5.74) is -0.472. The largest absolute Gasteiger partial charge is 0.366 e. The summed E-state index contributed by atoms with van der Waals surface area (Å²) in [5.74, 6) is 0. The van der Waals surface area contributed by atoms with Crippen LogP contribution in [0.3, 0.4) is 0 Å². The Bertz CT molecular complexity index is 581. The smallest absolute Gasteiger partial charge is 0.248 e. The van der Waals surface area contributed by atoms with Crippen molar-refractivity contribution in [2.24, 2.45) is 0 Å². The monoisotopic (exact) mass is 271 g/mol. The maximum absolute atomic E-state index is 12.4. The average molecular weight is 271 g/mol. The van der Waals surface area contributed by atoms with Gasteiger partial charge in [-0.15, -0.1) is 0 Å². The molecule has 1 aliphatic heterocycles. The van der Waals surface area contributed by atoms with E-state index in [1.165, 1.54) is 22.8 Å². The first-order chi connectivity index (χ1) is 8.43. The topological polar surface area (TPSA) is 73.5 Å². The summed E-state index contributed by atoms with van der Waals surface area (Å²) in [6.45, 7) is 3.61. The molecule has 0 spiro atoms. The molecule has 1 aromatic heterocycles. The molecular weight excluding hydrogens is 254 g/mol. The maximum Gasteiger partial charge on any atom is 0.248 e. The lowest BCUT2D eigenvalue weighted by atomic mass is 10.2. The molecule has 7 heteroatoms. The van der Waals surface area contributed by atoms with Gasteiger partial charge in [0, 0.05) is 44.1 Å². The molecule has 1 unspecified atom stereocenters. The number of pyridine rings is 1. The first-order valence-corrected chi connectivity index (χ1v) is 7.24. The zero-order valence-electron chi connectivity index (χ0n) is 10.5. The zero-order valence-corrected chi connectivity index (χ0v) is 11.3. The Morgan fingerprint density at radius 2 is 2.11 bits per heavy atom. The SMILES string of the molecule is CC1CN(C)CCN1S(=O)(=O)c1c[nH]ccc1=O. The first-order valence-electron chi connectivity index (χ1n) is 5.80. The number of rotatable bonds is 2. The fraction of sp³-hybridized carbons (Fsp3) is 0.545. The summed E-state index contributed by atoms with van der Waals surface area (Å²) in [7, 11) is -1.75. The van der Waals surface area contributed by atoms with Crippen LogP contribution in [0.25, 0.3) is 0 Å². The molecule has 18 heavy (non-hydrogen) atoms. The molecule has 0 amide bonds. The van der Waals surface area contributed by atoms with Crippen molar-refractivity contribution >= 4 is 10.0 Å². The predicted molar refractivity (Wildman–Crippen MR) is 67.9 cm³/mol. The Hall–Kier alpha value is -1.18. The van der Waals surface area contributed by atoms with Gasteiger partial charge in [0.25, 0.3) is 0 Å². The summed E-state index contributed by atoms with van der Waals surface area (Å²) in [4.78, 5) is 16.2. The molecule has 0 bridgehead atoms. The predicted octanol–water partition coefficient (Wildman–Crippen LogP) is -0.300. The molecule has 1 atom stereocenters. The Labute approximate surface area is 106 Å². The lowest BCUT2D eigenvalue weighted by Gasteiger charge is -2.36. The van der Waals surface area contributed by atoms with Crippen molar-refractivity contribution in [3.05, 3.63) is 28.7 Å². The number of hydrogen-bond acceptors (Lipinski definition) is 4. The van der Waals surface area contributed by atoms with E-state index in [1.807, 2.05) is 14.0 Å². The van der Waals surface area contributed by atoms with Gasteiger partial charge >= 0.3 is 0 Å². The van der Waals surface area contributed by atoms with Gasteiger partial charge in [-0.1, -0.05) is 0 Å². The molecule has 0 saturated carbocycles. The fourth-order valence-corrected chi connectivity index (χ4v) is 3.86. The molecule has 1 N–H and O–H groups in total. The number of nitrogens with one attached hydrogen (secondary N) is 1. The molecule has 100 valence electrons. The van der Waals surface area contributed by atoms with Crippen LogP contribution in [0.1, 0.15) is 6.92 Å². The van der Waals surface area contributed by atoms with Crippen LogP contribution in [0.15, 0.2) is 28.2 Å². The van der Waals surface area contributed by atoms with Crippen LogP contribution in [0.5, 0.6) is 0 Å². The number of H-pyrrole nitrogens is 1. The van der Waals surface area contributed by atoms with Crippen molar-refractivity contribution in [1.29, 1.82) is 0 Å².